The van der Waals surface area contributed by atoms with E-state index in [0.717, 1.165) is 23.2 Å². The third-order valence-electron chi connectivity index (χ3n) is 6.81. The highest BCUT2D eigenvalue weighted by molar-refractivity contribution is 5.05. The fraction of sp³-hybridized carbons (Fsp3) is 1.00. The molecule has 4 fully saturated rings. The van der Waals surface area contributed by atoms with Gasteiger partial charge in [0.2, 0.25) is 0 Å². The lowest BCUT2D eigenvalue weighted by atomic mass is 9.75. The molecule has 0 aromatic carbocycles. The summed E-state index contributed by atoms with van der Waals surface area (Å²) in [5.74, 6) is 3.21. The van der Waals surface area contributed by atoms with Gasteiger partial charge < -0.3 is 10.2 Å². The molecule has 4 aliphatic rings. The van der Waals surface area contributed by atoms with Gasteiger partial charge in [-0.15, -0.1) is 0 Å². The molecule has 2 saturated carbocycles. The van der Waals surface area contributed by atoms with Crippen molar-refractivity contribution < 1.29 is 0 Å². The van der Waals surface area contributed by atoms with Crippen molar-refractivity contribution in [3.05, 3.63) is 0 Å². The third kappa shape index (κ3) is 2.47. The molecular weight excluding hydrogens is 232 g/mol. The Morgan fingerprint density at radius 3 is 2.63 bits per heavy atom. The minimum Gasteiger partial charge on any atom is -0.317 e. The highest BCUT2D eigenvalue weighted by Gasteiger charge is 2.54. The average molecular weight is 262 g/mol. The zero-order valence-electron chi connectivity index (χ0n) is 12.4. The van der Waals surface area contributed by atoms with E-state index in [-0.39, 0.29) is 0 Å². The number of hydrogen-bond donors (Lipinski definition) is 1. The number of rotatable bonds is 2. The Bertz CT molecular complexity index is 321. The molecule has 0 amide bonds. The molecule has 2 heteroatoms. The maximum absolute atomic E-state index is 3.53. The van der Waals surface area contributed by atoms with E-state index in [2.05, 4.69) is 10.2 Å². The lowest BCUT2D eigenvalue weighted by Gasteiger charge is -2.41. The molecule has 108 valence electrons. The molecule has 0 aromatic heterocycles. The van der Waals surface area contributed by atoms with Crippen molar-refractivity contribution >= 4 is 0 Å². The molecule has 4 rings (SSSR count). The first-order chi connectivity index (χ1) is 9.36. The molecule has 3 atom stereocenters. The molecule has 19 heavy (non-hydrogen) atoms. The van der Waals surface area contributed by atoms with Crippen molar-refractivity contribution in [1.29, 1.82) is 0 Å². The Morgan fingerprint density at radius 1 is 1.00 bits per heavy atom. The van der Waals surface area contributed by atoms with E-state index in [1.807, 2.05) is 0 Å². The van der Waals surface area contributed by atoms with Gasteiger partial charge in [0, 0.05) is 13.1 Å². The van der Waals surface area contributed by atoms with Gasteiger partial charge in [-0.25, -0.2) is 0 Å². The molecule has 3 unspecified atom stereocenters. The second kappa shape index (κ2) is 5.04. The summed E-state index contributed by atoms with van der Waals surface area (Å²) in [5, 5.41) is 3.53. The molecule has 1 N–H and O–H groups in total. The predicted molar refractivity (Wildman–Crippen MR) is 79.1 cm³/mol. The van der Waals surface area contributed by atoms with Gasteiger partial charge in [0.05, 0.1) is 0 Å². The quantitative estimate of drug-likeness (QED) is 0.823. The maximum Gasteiger partial charge on any atom is 0.00153 e. The Kier molecular flexibility index (Phi) is 3.35. The number of likely N-dealkylation sites (tertiary alicyclic amines) is 1. The summed E-state index contributed by atoms with van der Waals surface area (Å²) in [6, 6.07) is 0. The van der Waals surface area contributed by atoms with Crippen LogP contribution >= 0.6 is 0 Å². The van der Waals surface area contributed by atoms with Crippen molar-refractivity contribution in [2.24, 2.45) is 23.2 Å². The van der Waals surface area contributed by atoms with Gasteiger partial charge in [0.1, 0.15) is 0 Å². The van der Waals surface area contributed by atoms with Gasteiger partial charge in [0.25, 0.3) is 0 Å². The van der Waals surface area contributed by atoms with Crippen LogP contribution in [0.1, 0.15) is 51.4 Å². The monoisotopic (exact) mass is 262 g/mol. The topological polar surface area (TPSA) is 15.3 Å². The molecular formula is C17H30N2. The first kappa shape index (κ1) is 12.6. The summed E-state index contributed by atoms with van der Waals surface area (Å²) in [7, 11) is 0. The fourth-order valence-electron chi connectivity index (χ4n) is 5.38. The first-order valence-electron chi connectivity index (χ1n) is 8.79. The van der Waals surface area contributed by atoms with Gasteiger partial charge in [0.15, 0.2) is 0 Å². The summed E-state index contributed by atoms with van der Waals surface area (Å²) >= 11 is 0. The summed E-state index contributed by atoms with van der Waals surface area (Å²) < 4.78 is 0. The van der Waals surface area contributed by atoms with Crippen LogP contribution in [-0.2, 0) is 0 Å². The van der Waals surface area contributed by atoms with Gasteiger partial charge in [-0.05, 0) is 74.9 Å². The highest BCUT2D eigenvalue weighted by Crippen LogP contribution is 2.58. The summed E-state index contributed by atoms with van der Waals surface area (Å²) in [4.78, 5) is 2.84. The Balaban J connectivity index is 1.30. The SMILES string of the molecule is C1CCC2CN(CC3CC34CCNCC4)CCC2C1. The van der Waals surface area contributed by atoms with E-state index in [9.17, 15) is 0 Å². The second-order valence-corrected chi connectivity index (χ2v) is 7.87. The minimum absolute atomic E-state index is 0.786. The lowest BCUT2D eigenvalue weighted by molar-refractivity contribution is 0.0793. The van der Waals surface area contributed by atoms with Crippen LogP contribution in [0, 0.1) is 23.2 Å². The van der Waals surface area contributed by atoms with Crippen LogP contribution in [-0.4, -0.2) is 37.6 Å². The third-order valence-corrected chi connectivity index (χ3v) is 6.81. The molecule has 2 aliphatic carbocycles. The zero-order valence-corrected chi connectivity index (χ0v) is 12.4. The van der Waals surface area contributed by atoms with E-state index in [0.29, 0.717) is 0 Å². The molecule has 0 bridgehead atoms. The van der Waals surface area contributed by atoms with E-state index in [1.54, 1.807) is 6.42 Å². The maximum atomic E-state index is 3.53. The lowest BCUT2D eigenvalue weighted by Crippen LogP contribution is -2.43. The van der Waals surface area contributed by atoms with Crippen LogP contribution in [0.2, 0.25) is 0 Å². The van der Waals surface area contributed by atoms with Crippen LogP contribution in [0.4, 0.5) is 0 Å². The zero-order chi connectivity index (χ0) is 12.7. The molecule has 2 aliphatic heterocycles. The molecule has 2 nitrogen and oxygen atoms in total. The molecule has 1 spiro atoms. The van der Waals surface area contributed by atoms with Crippen molar-refractivity contribution in [3.63, 3.8) is 0 Å². The molecule has 0 radical (unpaired) electrons. The molecule has 2 heterocycles. The summed E-state index contributed by atoms with van der Waals surface area (Å²) in [5.41, 5.74) is 0.786. The van der Waals surface area contributed by atoms with Crippen molar-refractivity contribution in [3.8, 4) is 0 Å². The van der Waals surface area contributed by atoms with Crippen molar-refractivity contribution in [2.75, 3.05) is 32.7 Å². The van der Waals surface area contributed by atoms with E-state index in [1.165, 1.54) is 77.7 Å². The molecule has 2 saturated heterocycles. The van der Waals surface area contributed by atoms with Crippen LogP contribution < -0.4 is 5.32 Å². The number of hydrogen-bond acceptors (Lipinski definition) is 2. The number of nitrogens with zero attached hydrogens (tertiary/aromatic N) is 1. The van der Waals surface area contributed by atoms with Crippen LogP contribution in [0.5, 0.6) is 0 Å². The number of piperidine rings is 2. The van der Waals surface area contributed by atoms with Crippen LogP contribution in [0.15, 0.2) is 0 Å². The summed E-state index contributed by atoms with van der Waals surface area (Å²) in [6.45, 7) is 6.84. The number of nitrogens with one attached hydrogen (secondary N) is 1. The van der Waals surface area contributed by atoms with E-state index < -0.39 is 0 Å². The smallest absolute Gasteiger partial charge is 0.00153 e. The van der Waals surface area contributed by atoms with E-state index >= 15 is 0 Å². The van der Waals surface area contributed by atoms with Crippen LogP contribution in [0.25, 0.3) is 0 Å². The predicted octanol–water partition coefficient (Wildman–Crippen LogP) is 2.89. The summed E-state index contributed by atoms with van der Waals surface area (Å²) in [6.07, 6.45) is 12.0. The minimum atomic E-state index is 0.786. The normalized spacial score (nSPS) is 42.0. The Labute approximate surface area is 118 Å². The van der Waals surface area contributed by atoms with Gasteiger partial charge >= 0.3 is 0 Å². The van der Waals surface area contributed by atoms with Crippen LogP contribution in [0.3, 0.4) is 0 Å². The highest BCUT2D eigenvalue weighted by atomic mass is 15.1. The van der Waals surface area contributed by atoms with Gasteiger partial charge in [-0.3, -0.25) is 0 Å². The average Bonchev–Trinajstić information content (AvgIpc) is 3.11. The van der Waals surface area contributed by atoms with Crippen molar-refractivity contribution in [1.82, 2.24) is 10.2 Å². The first-order valence-corrected chi connectivity index (χ1v) is 8.79. The number of fused-ring (bicyclic) bond motifs is 1. The van der Waals surface area contributed by atoms with E-state index in [4.69, 9.17) is 0 Å². The fourth-order valence-corrected chi connectivity index (χ4v) is 5.38. The van der Waals surface area contributed by atoms with Crippen molar-refractivity contribution in [2.45, 2.75) is 51.4 Å². The standard InChI is InChI=1S/C17H30N2/c1-2-4-15-12-19(10-5-14(15)3-1)13-16-11-17(16)6-8-18-9-7-17/h14-16,18H,1-13H2. The second-order valence-electron chi connectivity index (χ2n) is 7.87. The molecule has 0 aromatic rings. The van der Waals surface area contributed by atoms with Gasteiger partial charge in [-0.2, -0.15) is 0 Å². The largest absolute Gasteiger partial charge is 0.317 e. The Morgan fingerprint density at radius 2 is 1.79 bits per heavy atom. The van der Waals surface area contributed by atoms with Gasteiger partial charge in [-0.1, -0.05) is 19.3 Å². The Hall–Kier alpha value is -0.0800.